The van der Waals surface area contributed by atoms with Gasteiger partial charge in [-0.25, -0.2) is 9.78 Å². The second kappa shape index (κ2) is 8.91. The summed E-state index contributed by atoms with van der Waals surface area (Å²) < 4.78 is 16.6. The fraction of sp³-hybridized carbons (Fsp3) is 0.286. The maximum absolute atomic E-state index is 12.5. The number of para-hydroxylation sites is 1. The number of methoxy groups -OCH3 is 2. The molecule has 0 radical (unpaired) electrons. The fourth-order valence-corrected chi connectivity index (χ4v) is 3.79. The number of benzene rings is 2. The van der Waals surface area contributed by atoms with Crippen molar-refractivity contribution in [2.45, 2.75) is 13.0 Å². The van der Waals surface area contributed by atoms with Crippen LogP contribution in [-0.4, -0.2) is 49.6 Å². The summed E-state index contributed by atoms with van der Waals surface area (Å²) in [4.78, 5) is 31.0. The smallest absolute Gasteiger partial charge is 0.342 e. The molecule has 1 aromatic heterocycles. The third kappa shape index (κ3) is 4.48. The van der Waals surface area contributed by atoms with Crippen LogP contribution in [0, 0.1) is 0 Å². The van der Waals surface area contributed by atoms with Gasteiger partial charge in [-0.15, -0.1) is 11.3 Å². The Morgan fingerprint density at radius 1 is 1.14 bits per heavy atom. The molecule has 8 heteroatoms. The molecular weight excluding hydrogens is 392 g/mol. The Morgan fingerprint density at radius 2 is 1.90 bits per heavy atom. The zero-order chi connectivity index (χ0) is 21.0. The van der Waals surface area contributed by atoms with Crippen LogP contribution >= 0.6 is 11.3 Å². The molecule has 0 aliphatic carbocycles. The molecule has 1 heterocycles. The van der Waals surface area contributed by atoms with Gasteiger partial charge in [-0.3, -0.25) is 4.79 Å². The molecule has 1 atom stereocenters. The van der Waals surface area contributed by atoms with Crippen molar-refractivity contribution in [1.82, 2.24) is 9.88 Å². The van der Waals surface area contributed by atoms with Crippen LogP contribution in [0.3, 0.4) is 0 Å². The van der Waals surface area contributed by atoms with Gasteiger partial charge in [0.2, 0.25) is 0 Å². The highest BCUT2D eigenvalue weighted by Crippen LogP contribution is 2.29. The predicted octanol–water partition coefficient (Wildman–Crippen LogP) is 3.69. The van der Waals surface area contributed by atoms with Crippen molar-refractivity contribution in [3.63, 3.8) is 0 Å². The standard InChI is InChI=1S/C21H22N2O5S/c1-13(20-22-16-7-5-6-8-18(16)29-20)23(2)19(24)12-28-21(25)15-10-9-14(26-3)11-17(15)27-4/h5-11,13H,12H2,1-4H3/t13-/m1/s1. The van der Waals surface area contributed by atoms with E-state index in [9.17, 15) is 9.59 Å². The van der Waals surface area contributed by atoms with Gasteiger partial charge in [-0.2, -0.15) is 0 Å². The van der Waals surface area contributed by atoms with Crippen LogP contribution in [0.2, 0.25) is 0 Å². The van der Waals surface area contributed by atoms with E-state index in [1.165, 1.54) is 36.5 Å². The molecule has 0 saturated heterocycles. The van der Waals surface area contributed by atoms with Crippen LogP contribution in [0.15, 0.2) is 42.5 Å². The lowest BCUT2D eigenvalue weighted by atomic mass is 10.2. The van der Waals surface area contributed by atoms with Crippen LogP contribution in [0.4, 0.5) is 0 Å². The summed E-state index contributed by atoms with van der Waals surface area (Å²) in [5.41, 5.74) is 1.13. The number of fused-ring (bicyclic) bond motifs is 1. The lowest BCUT2D eigenvalue weighted by Crippen LogP contribution is -2.33. The fourth-order valence-electron chi connectivity index (χ4n) is 2.72. The quantitative estimate of drug-likeness (QED) is 0.549. The van der Waals surface area contributed by atoms with Crippen LogP contribution in [-0.2, 0) is 9.53 Å². The zero-order valence-electron chi connectivity index (χ0n) is 16.7. The van der Waals surface area contributed by atoms with Gasteiger partial charge in [0, 0.05) is 13.1 Å². The minimum Gasteiger partial charge on any atom is -0.497 e. The first-order chi connectivity index (χ1) is 13.9. The Balaban J connectivity index is 1.64. The summed E-state index contributed by atoms with van der Waals surface area (Å²) in [5, 5.41) is 0.824. The second-order valence-corrected chi connectivity index (χ2v) is 7.41. The van der Waals surface area contributed by atoms with Gasteiger partial charge in [-0.05, 0) is 31.2 Å². The third-order valence-electron chi connectivity index (χ3n) is 4.60. The lowest BCUT2D eigenvalue weighted by Gasteiger charge is -2.23. The van der Waals surface area contributed by atoms with Gasteiger partial charge >= 0.3 is 5.97 Å². The molecule has 0 unspecified atom stereocenters. The number of aromatic nitrogens is 1. The van der Waals surface area contributed by atoms with Gasteiger partial charge in [0.25, 0.3) is 5.91 Å². The first kappa shape index (κ1) is 20.6. The number of thiazole rings is 1. The SMILES string of the molecule is COc1ccc(C(=O)OCC(=O)N(C)[C@H](C)c2nc3ccccc3s2)c(OC)c1. The van der Waals surface area contributed by atoms with Crippen molar-refractivity contribution in [3.8, 4) is 11.5 Å². The molecule has 3 aromatic rings. The Hall–Kier alpha value is -3.13. The Morgan fingerprint density at radius 3 is 2.59 bits per heavy atom. The molecule has 0 fully saturated rings. The number of carbonyl (C=O) groups excluding carboxylic acids is 2. The molecule has 2 aromatic carbocycles. The van der Waals surface area contributed by atoms with Crippen molar-refractivity contribution in [1.29, 1.82) is 0 Å². The number of amides is 1. The van der Waals surface area contributed by atoms with E-state index in [0.29, 0.717) is 11.5 Å². The first-order valence-electron chi connectivity index (χ1n) is 8.95. The molecule has 0 saturated carbocycles. The van der Waals surface area contributed by atoms with Crippen LogP contribution in [0.25, 0.3) is 10.2 Å². The Kier molecular flexibility index (Phi) is 6.33. The Labute approximate surface area is 172 Å². The number of ether oxygens (including phenoxy) is 3. The van der Waals surface area contributed by atoms with Gasteiger partial charge in [-0.1, -0.05) is 12.1 Å². The highest BCUT2D eigenvalue weighted by atomic mass is 32.1. The van der Waals surface area contributed by atoms with Gasteiger partial charge in [0.05, 0.1) is 30.5 Å². The Bertz CT molecular complexity index is 1000. The van der Waals surface area contributed by atoms with Crippen molar-refractivity contribution in [2.24, 2.45) is 0 Å². The number of hydrogen-bond donors (Lipinski definition) is 0. The number of likely N-dealkylation sites (N-methyl/N-ethyl adjacent to an activating group) is 1. The van der Waals surface area contributed by atoms with Gasteiger partial charge in [0.1, 0.15) is 22.1 Å². The normalized spacial score (nSPS) is 11.7. The first-order valence-corrected chi connectivity index (χ1v) is 9.76. The molecule has 0 bridgehead atoms. The maximum atomic E-state index is 12.5. The molecule has 0 spiro atoms. The highest BCUT2D eigenvalue weighted by molar-refractivity contribution is 7.18. The number of carbonyl (C=O) groups is 2. The van der Waals surface area contributed by atoms with E-state index in [1.807, 2.05) is 31.2 Å². The average Bonchev–Trinajstić information content (AvgIpc) is 3.19. The molecule has 3 rings (SSSR count). The van der Waals surface area contributed by atoms with E-state index in [4.69, 9.17) is 14.2 Å². The summed E-state index contributed by atoms with van der Waals surface area (Å²) in [6.07, 6.45) is 0. The highest BCUT2D eigenvalue weighted by Gasteiger charge is 2.23. The van der Waals surface area contributed by atoms with Crippen molar-refractivity contribution in [3.05, 3.63) is 53.0 Å². The molecule has 152 valence electrons. The summed E-state index contributed by atoms with van der Waals surface area (Å²) in [5.74, 6) is -0.0895. The van der Waals surface area contributed by atoms with E-state index in [-0.39, 0.29) is 24.1 Å². The van der Waals surface area contributed by atoms with Gasteiger partial charge in [0.15, 0.2) is 6.61 Å². The van der Waals surface area contributed by atoms with Crippen molar-refractivity contribution < 1.29 is 23.8 Å². The molecule has 1 amide bonds. The zero-order valence-corrected chi connectivity index (χ0v) is 17.5. The predicted molar refractivity (Wildman–Crippen MR) is 111 cm³/mol. The van der Waals surface area contributed by atoms with Crippen LogP contribution in [0.5, 0.6) is 11.5 Å². The van der Waals surface area contributed by atoms with Crippen LogP contribution in [0.1, 0.15) is 28.3 Å². The largest absolute Gasteiger partial charge is 0.497 e. The van der Waals surface area contributed by atoms with Gasteiger partial charge < -0.3 is 19.1 Å². The summed E-state index contributed by atoms with van der Waals surface area (Å²) in [7, 11) is 4.64. The third-order valence-corrected chi connectivity index (χ3v) is 5.80. The number of rotatable bonds is 7. The number of nitrogens with zero attached hydrogens (tertiary/aromatic N) is 2. The lowest BCUT2D eigenvalue weighted by molar-refractivity contribution is -0.135. The van der Waals surface area contributed by atoms with Crippen LogP contribution < -0.4 is 9.47 Å². The molecule has 7 nitrogen and oxygen atoms in total. The minimum atomic E-state index is -0.640. The average molecular weight is 414 g/mol. The summed E-state index contributed by atoms with van der Waals surface area (Å²) in [6, 6.07) is 12.3. The van der Waals surface area contributed by atoms with E-state index < -0.39 is 5.97 Å². The topological polar surface area (TPSA) is 78.0 Å². The molecule has 0 N–H and O–H groups in total. The molecular formula is C21H22N2O5S. The van der Waals surface area contributed by atoms with E-state index in [2.05, 4.69) is 4.98 Å². The van der Waals surface area contributed by atoms with E-state index in [1.54, 1.807) is 19.2 Å². The number of hydrogen-bond acceptors (Lipinski definition) is 7. The van der Waals surface area contributed by atoms with E-state index in [0.717, 1.165) is 15.2 Å². The molecule has 0 aliphatic rings. The molecule has 0 aliphatic heterocycles. The minimum absolute atomic E-state index is 0.225. The van der Waals surface area contributed by atoms with Crippen molar-refractivity contribution in [2.75, 3.05) is 27.9 Å². The van der Waals surface area contributed by atoms with Crippen molar-refractivity contribution >= 4 is 33.4 Å². The second-order valence-electron chi connectivity index (χ2n) is 6.34. The maximum Gasteiger partial charge on any atom is 0.342 e. The van der Waals surface area contributed by atoms with E-state index >= 15 is 0 Å². The number of esters is 1. The molecule has 29 heavy (non-hydrogen) atoms. The summed E-state index contributed by atoms with van der Waals surface area (Å²) in [6.45, 7) is 1.52. The summed E-state index contributed by atoms with van der Waals surface area (Å²) >= 11 is 1.54. The monoisotopic (exact) mass is 414 g/mol.